The molecule has 0 saturated carbocycles. The number of hydrogen-bond acceptors (Lipinski definition) is 5. The third kappa shape index (κ3) is 4.56. The Morgan fingerprint density at radius 3 is 3.04 bits per heavy atom. The zero-order valence-electron chi connectivity index (χ0n) is 13.9. The van der Waals surface area contributed by atoms with Gasteiger partial charge in [-0.2, -0.15) is 0 Å². The topological polar surface area (TPSA) is 83.3 Å². The van der Waals surface area contributed by atoms with Crippen molar-refractivity contribution in [1.82, 2.24) is 25.2 Å². The normalized spacial score (nSPS) is 18.2. The molecule has 3 rings (SSSR count). The molecule has 25 heavy (non-hydrogen) atoms. The molecule has 1 aromatic carbocycles. The smallest absolute Gasteiger partial charge is 0.273 e. The van der Waals surface area contributed by atoms with Gasteiger partial charge in [0.15, 0.2) is 5.69 Å². The Hall–Kier alpha value is -1.96. The number of nitrogens with one attached hydrogen (secondary N) is 1. The number of aliphatic hydroxyl groups is 1. The van der Waals surface area contributed by atoms with Gasteiger partial charge in [0.2, 0.25) is 0 Å². The zero-order valence-corrected chi connectivity index (χ0v) is 14.7. The molecule has 134 valence electrons. The van der Waals surface area contributed by atoms with E-state index in [1.165, 1.54) is 0 Å². The van der Waals surface area contributed by atoms with E-state index in [2.05, 4.69) is 20.5 Å². The van der Waals surface area contributed by atoms with Crippen LogP contribution in [0, 0.1) is 0 Å². The number of benzene rings is 1. The average Bonchev–Trinajstić information content (AvgIpc) is 3.12. The summed E-state index contributed by atoms with van der Waals surface area (Å²) in [4.78, 5) is 14.2. The molecule has 0 aliphatic carbocycles. The lowest BCUT2D eigenvalue weighted by Crippen LogP contribution is -2.36. The van der Waals surface area contributed by atoms with E-state index in [1.807, 2.05) is 24.3 Å². The van der Waals surface area contributed by atoms with E-state index >= 15 is 0 Å². The third-order valence-electron chi connectivity index (χ3n) is 4.35. The van der Waals surface area contributed by atoms with Crippen molar-refractivity contribution in [2.75, 3.05) is 26.2 Å². The van der Waals surface area contributed by atoms with Gasteiger partial charge in [0.05, 0.1) is 18.8 Å². The maximum atomic E-state index is 11.9. The minimum absolute atomic E-state index is 0.0977. The molecule has 2 heterocycles. The third-order valence-corrected chi connectivity index (χ3v) is 4.72. The summed E-state index contributed by atoms with van der Waals surface area (Å²) >= 11 is 6.26. The van der Waals surface area contributed by atoms with Crippen LogP contribution in [0.3, 0.4) is 0 Å². The molecule has 8 heteroatoms. The van der Waals surface area contributed by atoms with Crippen LogP contribution in [0.4, 0.5) is 0 Å². The quantitative estimate of drug-likeness (QED) is 0.812. The van der Waals surface area contributed by atoms with Crippen molar-refractivity contribution >= 4 is 17.5 Å². The fourth-order valence-corrected chi connectivity index (χ4v) is 3.27. The molecule has 1 aliphatic heterocycles. The van der Waals surface area contributed by atoms with Gasteiger partial charge in [0, 0.05) is 24.7 Å². The molecule has 0 radical (unpaired) electrons. The average molecular weight is 364 g/mol. The van der Waals surface area contributed by atoms with Gasteiger partial charge in [0.25, 0.3) is 5.91 Å². The summed E-state index contributed by atoms with van der Waals surface area (Å²) in [6.45, 7) is 2.77. The highest BCUT2D eigenvalue weighted by Gasteiger charge is 2.23. The number of aromatic nitrogens is 3. The van der Waals surface area contributed by atoms with Crippen LogP contribution >= 0.6 is 11.6 Å². The summed E-state index contributed by atoms with van der Waals surface area (Å²) in [5.41, 5.74) is 1.39. The number of amides is 1. The monoisotopic (exact) mass is 363 g/mol. The van der Waals surface area contributed by atoms with Crippen molar-refractivity contribution in [3.63, 3.8) is 0 Å². The van der Waals surface area contributed by atoms with Gasteiger partial charge in [0.1, 0.15) is 0 Å². The molecule has 1 fully saturated rings. The van der Waals surface area contributed by atoms with Gasteiger partial charge in [-0.05, 0) is 31.0 Å². The van der Waals surface area contributed by atoms with E-state index in [-0.39, 0.29) is 30.8 Å². The minimum atomic E-state index is -0.316. The van der Waals surface area contributed by atoms with Crippen molar-refractivity contribution < 1.29 is 9.90 Å². The SMILES string of the molecule is O=C(NCCO)c1cn(C2CCCN(Cc3ccccc3Cl)C2)nn1. The first-order valence-electron chi connectivity index (χ1n) is 8.44. The van der Waals surface area contributed by atoms with Gasteiger partial charge in [-0.15, -0.1) is 5.10 Å². The summed E-state index contributed by atoms with van der Waals surface area (Å²) < 4.78 is 1.77. The number of halogens is 1. The number of hydrogen-bond donors (Lipinski definition) is 2. The lowest BCUT2D eigenvalue weighted by atomic mass is 10.0. The van der Waals surface area contributed by atoms with Crippen molar-refractivity contribution in [2.45, 2.75) is 25.4 Å². The molecule has 7 nitrogen and oxygen atoms in total. The van der Waals surface area contributed by atoms with Gasteiger partial charge in [-0.25, -0.2) is 4.68 Å². The summed E-state index contributed by atoms with van der Waals surface area (Å²) in [6, 6.07) is 8.07. The Morgan fingerprint density at radius 2 is 2.24 bits per heavy atom. The van der Waals surface area contributed by atoms with Crippen LogP contribution in [-0.2, 0) is 6.54 Å². The second-order valence-electron chi connectivity index (χ2n) is 6.19. The Labute approximate surface area is 151 Å². The molecule has 1 aromatic heterocycles. The van der Waals surface area contributed by atoms with Gasteiger partial charge >= 0.3 is 0 Å². The second kappa shape index (κ2) is 8.42. The molecule has 2 aromatic rings. The largest absolute Gasteiger partial charge is 0.395 e. The van der Waals surface area contributed by atoms with Gasteiger partial charge < -0.3 is 10.4 Å². The van der Waals surface area contributed by atoms with E-state index in [1.54, 1.807) is 10.9 Å². The number of piperidine rings is 1. The number of nitrogens with zero attached hydrogens (tertiary/aromatic N) is 4. The maximum Gasteiger partial charge on any atom is 0.273 e. The lowest BCUT2D eigenvalue weighted by Gasteiger charge is -2.32. The zero-order chi connectivity index (χ0) is 17.6. The Morgan fingerprint density at radius 1 is 1.40 bits per heavy atom. The molecular formula is C17H22ClN5O2. The fourth-order valence-electron chi connectivity index (χ4n) is 3.08. The van der Waals surface area contributed by atoms with E-state index in [9.17, 15) is 4.79 Å². The van der Waals surface area contributed by atoms with Gasteiger partial charge in [-0.3, -0.25) is 9.69 Å². The van der Waals surface area contributed by atoms with Crippen molar-refractivity contribution in [3.05, 3.63) is 46.7 Å². The molecule has 2 N–H and O–H groups in total. The highest BCUT2D eigenvalue weighted by Crippen LogP contribution is 2.24. The number of carbonyl (C=O) groups excluding carboxylic acids is 1. The predicted molar refractivity (Wildman–Crippen MR) is 94.4 cm³/mol. The van der Waals surface area contributed by atoms with Crippen LogP contribution in [0.25, 0.3) is 0 Å². The van der Waals surface area contributed by atoms with Crippen LogP contribution in [0.1, 0.15) is 34.9 Å². The van der Waals surface area contributed by atoms with Crippen LogP contribution in [0.2, 0.25) is 5.02 Å². The van der Waals surface area contributed by atoms with E-state index in [0.29, 0.717) is 0 Å². The van der Waals surface area contributed by atoms with E-state index in [0.717, 1.165) is 43.1 Å². The Bertz CT molecular complexity index is 721. The number of aliphatic hydroxyl groups excluding tert-OH is 1. The first kappa shape index (κ1) is 17.8. The number of rotatable bonds is 6. The fraction of sp³-hybridized carbons (Fsp3) is 0.471. The molecule has 1 saturated heterocycles. The van der Waals surface area contributed by atoms with Gasteiger partial charge in [-0.1, -0.05) is 35.0 Å². The highest BCUT2D eigenvalue weighted by atomic mass is 35.5. The molecule has 1 unspecified atom stereocenters. The van der Waals surface area contributed by atoms with Crippen molar-refractivity contribution in [2.24, 2.45) is 0 Å². The van der Waals surface area contributed by atoms with Crippen LogP contribution < -0.4 is 5.32 Å². The Kier molecular flexibility index (Phi) is 6.01. The van der Waals surface area contributed by atoms with Crippen LogP contribution in [0.5, 0.6) is 0 Å². The standard InChI is InChI=1S/C17H22ClN5O2/c18-15-6-2-1-4-13(15)10-22-8-3-5-14(11-22)23-12-16(20-21-23)17(25)19-7-9-24/h1-2,4,6,12,14,24H,3,5,7-11H2,(H,19,25). The summed E-state index contributed by atoms with van der Waals surface area (Å²) in [7, 11) is 0. The van der Waals surface area contributed by atoms with E-state index in [4.69, 9.17) is 16.7 Å². The first-order chi connectivity index (χ1) is 12.2. The number of carbonyl (C=O) groups is 1. The Balaban J connectivity index is 1.62. The molecular weight excluding hydrogens is 342 g/mol. The lowest BCUT2D eigenvalue weighted by molar-refractivity contribution is 0.0939. The molecule has 1 atom stereocenters. The summed E-state index contributed by atoms with van der Waals surface area (Å²) in [6.07, 6.45) is 3.73. The summed E-state index contributed by atoms with van der Waals surface area (Å²) in [5.74, 6) is -0.316. The van der Waals surface area contributed by atoms with Crippen LogP contribution in [0.15, 0.2) is 30.5 Å². The highest BCUT2D eigenvalue weighted by molar-refractivity contribution is 6.31. The van der Waals surface area contributed by atoms with Crippen LogP contribution in [-0.4, -0.2) is 57.1 Å². The maximum absolute atomic E-state index is 11.9. The molecule has 0 bridgehead atoms. The minimum Gasteiger partial charge on any atom is -0.395 e. The number of likely N-dealkylation sites (tertiary alicyclic amines) is 1. The van der Waals surface area contributed by atoms with Crippen molar-refractivity contribution in [3.8, 4) is 0 Å². The van der Waals surface area contributed by atoms with E-state index < -0.39 is 0 Å². The molecule has 1 aliphatic rings. The molecule has 0 spiro atoms. The second-order valence-corrected chi connectivity index (χ2v) is 6.59. The molecule has 1 amide bonds. The predicted octanol–water partition coefficient (Wildman–Crippen LogP) is 1.49. The first-order valence-corrected chi connectivity index (χ1v) is 8.82. The van der Waals surface area contributed by atoms with Crippen molar-refractivity contribution in [1.29, 1.82) is 0 Å². The summed E-state index contributed by atoms with van der Waals surface area (Å²) in [5, 5.41) is 20.2.